The molecule has 8 heteroatoms. The zero-order valence-corrected chi connectivity index (χ0v) is 12.7. The summed E-state index contributed by atoms with van der Waals surface area (Å²) < 4.78 is 0. The van der Waals surface area contributed by atoms with Gasteiger partial charge in [0.1, 0.15) is 10.9 Å². The van der Waals surface area contributed by atoms with Crippen molar-refractivity contribution >= 4 is 23.2 Å². The number of thiazole rings is 1. The number of nitrogens with zero attached hydrogens (tertiary/aromatic N) is 4. The monoisotopic (exact) mass is 318 g/mol. The molecule has 2 aromatic heterocycles. The third kappa shape index (κ3) is 2.57. The van der Waals surface area contributed by atoms with E-state index in [2.05, 4.69) is 15.0 Å². The van der Waals surface area contributed by atoms with E-state index in [-0.39, 0.29) is 5.91 Å². The molecule has 1 fully saturated rings. The Morgan fingerprint density at radius 2 is 2.09 bits per heavy atom. The summed E-state index contributed by atoms with van der Waals surface area (Å²) >= 11 is 1.20. The van der Waals surface area contributed by atoms with Gasteiger partial charge in [0, 0.05) is 18.9 Å². The Bertz CT molecular complexity index is 716. The molecule has 0 unspecified atom stereocenters. The normalized spacial score (nSPS) is 17.7. The van der Waals surface area contributed by atoms with Crippen molar-refractivity contribution in [3.8, 4) is 10.8 Å². The second-order valence-electron chi connectivity index (χ2n) is 5.00. The van der Waals surface area contributed by atoms with Crippen LogP contribution in [0.25, 0.3) is 10.8 Å². The summed E-state index contributed by atoms with van der Waals surface area (Å²) in [7, 11) is 0. The lowest BCUT2D eigenvalue weighted by molar-refractivity contribution is -0.141. The summed E-state index contributed by atoms with van der Waals surface area (Å²) in [6, 6.07) is 0.961. The van der Waals surface area contributed by atoms with Gasteiger partial charge >= 0.3 is 5.97 Å². The molecule has 0 radical (unpaired) electrons. The van der Waals surface area contributed by atoms with E-state index < -0.39 is 12.0 Å². The Balaban J connectivity index is 1.91. The van der Waals surface area contributed by atoms with Crippen molar-refractivity contribution < 1.29 is 14.7 Å². The summed E-state index contributed by atoms with van der Waals surface area (Å²) in [6.45, 7) is 2.20. The SMILES string of the molecule is Cc1nc(-c2ncccn2)sc1C(=O)N1CCC[C@H]1C(=O)O. The van der Waals surface area contributed by atoms with Gasteiger partial charge in [0.2, 0.25) is 0 Å². The van der Waals surface area contributed by atoms with Gasteiger partial charge in [-0.3, -0.25) is 4.79 Å². The largest absolute Gasteiger partial charge is 0.480 e. The lowest BCUT2D eigenvalue weighted by atomic mass is 10.2. The molecule has 0 aliphatic carbocycles. The Kier molecular flexibility index (Phi) is 3.84. The van der Waals surface area contributed by atoms with Crippen molar-refractivity contribution in [2.24, 2.45) is 0 Å². The second kappa shape index (κ2) is 5.80. The first kappa shape index (κ1) is 14.6. The third-order valence-electron chi connectivity index (χ3n) is 3.55. The highest BCUT2D eigenvalue weighted by atomic mass is 32.1. The highest BCUT2D eigenvalue weighted by Crippen LogP contribution is 2.29. The molecule has 1 saturated heterocycles. The Hall–Kier alpha value is -2.35. The molecule has 1 aliphatic rings. The zero-order chi connectivity index (χ0) is 15.7. The number of aryl methyl sites for hydroxylation is 1. The molecule has 114 valence electrons. The zero-order valence-electron chi connectivity index (χ0n) is 11.9. The predicted octanol–water partition coefficient (Wildman–Crippen LogP) is 1.60. The summed E-state index contributed by atoms with van der Waals surface area (Å²) in [4.78, 5) is 38.3. The van der Waals surface area contributed by atoms with Crippen LogP contribution in [0.2, 0.25) is 0 Å². The minimum Gasteiger partial charge on any atom is -0.480 e. The van der Waals surface area contributed by atoms with Crippen LogP contribution in [0.3, 0.4) is 0 Å². The van der Waals surface area contributed by atoms with Crippen molar-refractivity contribution in [2.75, 3.05) is 6.54 Å². The van der Waals surface area contributed by atoms with Crippen LogP contribution < -0.4 is 0 Å². The van der Waals surface area contributed by atoms with Crippen LogP contribution in [-0.4, -0.2) is 49.4 Å². The minimum absolute atomic E-state index is 0.276. The number of carbonyl (C=O) groups excluding carboxylic acids is 1. The number of carboxylic acids is 1. The molecule has 7 nitrogen and oxygen atoms in total. The van der Waals surface area contributed by atoms with Gasteiger partial charge in [0.05, 0.1) is 5.69 Å². The van der Waals surface area contributed by atoms with Gasteiger partial charge in [-0.25, -0.2) is 19.7 Å². The molecule has 0 spiro atoms. The van der Waals surface area contributed by atoms with Crippen molar-refractivity contribution in [3.05, 3.63) is 29.0 Å². The van der Waals surface area contributed by atoms with E-state index in [1.54, 1.807) is 25.4 Å². The van der Waals surface area contributed by atoms with Crippen molar-refractivity contribution in [3.63, 3.8) is 0 Å². The van der Waals surface area contributed by atoms with E-state index in [4.69, 9.17) is 0 Å². The Morgan fingerprint density at radius 3 is 2.77 bits per heavy atom. The molecular weight excluding hydrogens is 304 g/mol. The highest BCUT2D eigenvalue weighted by molar-refractivity contribution is 7.17. The number of carboxylic acid groups (broad SMARTS) is 1. The molecule has 1 aliphatic heterocycles. The molecule has 1 N–H and O–H groups in total. The molecule has 22 heavy (non-hydrogen) atoms. The summed E-state index contributed by atoms with van der Waals surface area (Å²) in [6.07, 6.45) is 4.42. The van der Waals surface area contributed by atoms with Crippen LogP contribution in [0.15, 0.2) is 18.5 Å². The summed E-state index contributed by atoms with van der Waals surface area (Å²) in [5.41, 5.74) is 0.577. The Labute approximate surface area is 130 Å². The lowest BCUT2D eigenvalue weighted by Gasteiger charge is -2.20. The molecule has 0 aromatic carbocycles. The van der Waals surface area contributed by atoms with E-state index in [1.165, 1.54) is 16.2 Å². The van der Waals surface area contributed by atoms with Crippen molar-refractivity contribution in [1.29, 1.82) is 0 Å². The molecule has 0 saturated carbocycles. The first-order valence-corrected chi connectivity index (χ1v) is 7.68. The first-order chi connectivity index (χ1) is 10.6. The van der Waals surface area contributed by atoms with Crippen LogP contribution in [0.4, 0.5) is 0 Å². The molecule has 1 amide bonds. The lowest BCUT2D eigenvalue weighted by Crippen LogP contribution is -2.40. The highest BCUT2D eigenvalue weighted by Gasteiger charge is 2.36. The fourth-order valence-electron chi connectivity index (χ4n) is 2.50. The maximum Gasteiger partial charge on any atom is 0.326 e. The Morgan fingerprint density at radius 1 is 1.36 bits per heavy atom. The number of likely N-dealkylation sites (tertiary alicyclic amines) is 1. The molecule has 0 bridgehead atoms. The van der Waals surface area contributed by atoms with Crippen LogP contribution in [0.1, 0.15) is 28.2 Å². The summed E-state index contributed by atoms with van der Waals surface area (Å²) in [5.74, 6) is -0.771. The third-order valence-corrected chi connectivity index (χ3v) is 4.69. The van der Waals surface area contributed by atoms with Gasteiger partial charge < -0.3 is 10.0 Å². The fourth-order valence-corrected chi connectivity index (χ4v) is 3.47. The number of hydrogen-bond donors (Lipinski definition) is 1. The van der Waals surface area contributed by atoms with Crippen molar-refractivity contribution in [2.45, 2.75) is 25.8 Å². The number of hydrogen-bond acceptors (Lipinski definition) is 6. The van der Waals surface area contributed by atoms with Crippen molar-refractivity contribution in [1.82, 2.24) is 19.9 Å². The van der Waals surface area contributed by atoms with E-state index >= 15 is 0 Å². The molecule has 3 heterocycles. The van der Waals surface area contributed by atoms with Crippen LogP contribution in [0, 0.1) is 6.92 Å². The number of amides is 1. The van der Waals surface area contributed by atoms with E-state index in [0.717, 1.165) is 0 Å². The van der Waals surface area contributed by atoms with Crippen LogP contribution >= 0.6 is 11.3 Å². The second-order valence-corrected chi connectivity index (χ2v) is 6.00. The van der Waals surface area contributed by atoms with Gasteiger partial charge in [-0.15, -0.1) is 11.3 Å². The minimum atomic E-state index is -0.959. The number of aromatic nitrogens is 3. The number of rotatable bonds is 3. The summed E-state index contributed by atoms with van der Waals surface area (Å²) in [5, 5.41) is 9.77. The van der Waals surface area contributed by atoms with Gasteiger partial charge in [-0.1, -0.05) is 0 Å². The average Bonchev–Trinajstić information content (AvgIpc) is 3.14. The fraction of sp³-hybridized carbons (Fsp3) is 0.357. The topological polar surface area (TPSA) is 96.3 Å². The van der Waals surface area contributed by atoms with E-state index in [0.29, 0.717) is 40.8 Å². The smallest absolute Gasteiger partial charge is 0.326 e. The predicted molar refractivity (Wildman–Crippen MR) is 79.6 cm³/mol. The van der Waals surface area contributed by atoms with Gasteiger partial charge in [-0.2, -0.15) is 0 Å². The van der Waals surface area contributed by atoms with Gasteiger partial charge in [0.15, 0.2) is 10.8 Å². The van der Waals surface area contributed by atoms with Crippen LogP contribution in [0.5, 0.6) is 0 Å². The average molecular weight is 318 g/mol. The molecule has 1 atom stereocenters. The number of carbonyl (C=O) groups is 2. The van der Waals surface area contributed by atoms with E-state index in [9.17, 15) is 14.7 Å². The maximum absolute atomic E-state index is 12.6. The number of aliphatic carboxylic acids is 1. The molecule has 2 aromatic rings. The quantitative estimate of drug-likeness (QED) is 0.923. The van der Waals surface area contributed by atoms with Crippen LogP contribution in [-0.2, 0) is 4.79 Å². The van der Waals surface area contributed by atoms with E-state index in [1.807, 2.05) is 0 Å². The molecular formula is C14H14N4O3S. The molecule has 3 rings (SSSR count). The van der Waals surface area contributed by atoms with Gasteiger partial charge in [0.25, 0.3) is 5.91 Å². The van der Waals surface area contributed by atoms with Gasteiger partial charge in [-0.05, 0) is 25.8 Å². The standard InChI is InChI=1S/C14H14N4O3S/c1-8-10(13(19)18-7-2-4-9(18)14(20)21)22-12(17-8)11-15-5-3-6-16-11/h3,5-6,9H,2,4,7H2,1H3,(H,20,21)/t9-/m0/s1. The maximum atomic E-state index is 12.6. The first-order valence-electron chi connectivity index (χ1n) is 6.86.